The monoisotopic (exact) mass is 674 g/mol. The van der Waals surface area contributed by atoms with Gasteiger partial charge in [0, 0.05) is 63.5 Å². The zero-order chi connectivity index (χ0) is 34.7. The van der Waals surface area contributed by atoms with E-state index in [0.29, 0.717) is 54.7 Å². The van der Waals surface area contributed by atoms with Gasteiger partial charge in [0.25, 0.3) is 11.8 Å². The van der Waals surface area contributed by atoms with E-state index in [1.807, 2.05) is 19.2 Å². The summed E-state index contributed by atoms with van der Waals surface area (Å²) >= 11 is 0. The van der Waals surface area contributed by atoms with Crippen molar-refractivity contribution in [1.82, 2.24) is 25.1 Å². The number of aryl methyl sites for hydroxylation is 2. The first-order valence-corrected chi connectivity index (χ1v) is 17.8. The first-order valence-electron chi connectivity index (χ1n) is 15.9. The molecule has 2 aromatic heterocycles. The lowest BCUT2D eigenvalue weighted by Crippen LogP contribution is -2.54. The molecule has 1 aliphatic carbocycles. The molecule has 3 amide bonds. The number of nitrogens with zero attached hydrogens (tertiary/aromatic N) is 4. The summed E-state index contributed by atoms with van der Waals surface area (Å²) in [6, 6.07) is 8.62. The van der Waals surface area contributed by atoms with Gasteiger partial charge >= 0.3 is 0 Å². The molecule has 13 heteroatoms. The Hall–Kier alpha value is -4.62. The molecule has 3 aromatic rings. The van der Waals surface area contributed by atoms with E-state index in [-0.39, 0.29) is 33.8 Å². The molecule has 2 atom stereocenters. The number of rotatable bonds is 11. The van der Waals surface area contributed by atoms with Crippen molar-refractivity contribution < 1.29 is 27.5 Å². The molecule has 0 bridgehead atoms. The van der Waals surface area contributed by atoms with E-state index in [0.717, 1.165) is 19.1 Å². The normalized spacial score (nSPS) is 17.4. The second-order valence-corrected chi connectivity index (χ2v) is 14.6. The van der Waals surface area contributed by atoms with Crippen molar-refractivity contribution in [3.63, 3.8) is 0 Å². The van der Waals surface area contributed by atoms with Crippen LogP contribution in [0.5, 0.6) is 5.75 Å². The molecule has 1 aliphatic heterocycles. The number of hydrogen-bond donors (Lipinski definition) is 2. The van der Waals surface area contributed by atoms with Crippen LogP contribution in [0.3, 0.4) is 0 Å². The fourth-order valence-electron chi connectivity index (χ4n) is 5.88. The fraction of sp³-hybridized carbons (Fsp3) is 0.400. The minimum absolute atomic E-state index is 0.0303. The smallest absolute Gasteiger partial charge is 0.257 e. The predicted molar refractivity (Wildman–Crippen MR) is 182 cm³/mol. The molecule has 1 saturated carbocycles. The summed E-state index contributed by atoms with van der Waals surface area (Å²) < 4.78 is 30.5. The molecule has 2 fully saturated rings. The number of amides is 3. The van der Waals surface area contributed by atoms with Crippen molar-refractivity contribution in [1.29, 1.82) is 0 Å². The van der Waals surface area contributed by atoms with Crippen molar-refractivity contribution in [2.45, 2.75) is 56.6 Å². The largest absolute Gasteiger partial charge is 0.482 e. The van der Waals surface area contributed by atoms with E-state index >= 15 is 0 Å². The number of piperazine rings is 1. The zero-order valence-corrected chi connectivity index (χ0v) is 28.8. The Balaban J connectivity index is 1.44. The lowest BCUT2D eigenvalue weighted by atomic mass is 10.0. The maximum absolute atomic E-state index is 13.5. The first kappa shape index (κ1) is 34.7. The van der Waals surface area contributed by atoms with Gasteiger partial charge in [0.15, 0.2) is 15.9 Å². The van der Waals surface area contributed by atoms with E-state index in [1.54, 1.807) is 24.8 Å². The van der Waals surface area contributed by atoms with Crippen molar-refractivity contribution in [2.24, 2.45) is 0 Å². The number of benzene rings is 1. The molecule has 12 nitrogen and oxygen atoms in total. The number of hydrogen-bond acceptors (Lipinski definition) is 9. The summed E-state index contributed by atoms with van der Waals surface area (Å²) in [6.45, 7) is 11.3. The van der Waals surface area contributed by atoms with E-state index in [9.17, 15) is 22.8 Å². The summed E-state index contributed by atoms with van der Waals surface area (Å²) in [5, 5.41) is 5.38. The topological polar surface area (TPSA) is 151 Å². The summed E-state index contributed by atoms with van der Waals surface area (Å²) in [6.07, 6.45) is 7.26. The second-order valence-electron chi connectivity index (χ2n) is 12.5. The van der Waals surface area contributed by atoms with E-state index in [1.165, 1.54) is 37.0 Å². The van der Waals surface area contributed by atoms with Gasteiger partial charge in [-0.15, -0.1) is 0 Å². The van der Waals surface area contributed by atoms with E-state index in [2.05, 4.69) is 33.2 Å². The van der Waals surface area contributed by atoms with Gasteiger partial charge in [-0.1, -0.05) is 12.6 Å². The molecule has 48 heavy (non-hydrogen) atoms. The molecule has 2 N–H and O–H groups in total. The van der Waals surface area contributed by atoms with Crippen molar-refractivity contribution >= 4 is 33.4 Å². The first-order chi connectivity index (χ1) is 22.8. The van der Waals surface area contributed by atoms with Crippen LogP contribution in [0.2, 0.25) is 0 Å². The Kier molecular flexibility index (Phi) is 10.3. The SMILES string of the molecule is C=CC(=O)N1CCN(C[C@@H](Oc2cc(C)c(C(=O)Nc3ncc(S(C)(=O)=O)cc3C)cc2C(=O)NC)c2ccc(C3CC3)cn2)C[C@H]1C. The minimum Gasteiger partial charge on any atom is -0.482 e. The van der Waals surface area contributed by atoms with Crippen LogP contribution in [0.15, 0.2) is 60.3 Å². The molecule has 254 valence electrons. The van der Waals surface area contributed by atoms with Gasteiger partial charge in [0.1, 0.15) is 11.6 Å². The maximum Gasteiger partial charge on any atom is 0.257 e. The average Bonchev–Trinajstić information content (AvgIpc) is 3.90. The number of sulfone groups is 1. The zero-order valence-electron chi connectivity index (χ0n) is 27.9. The Labute approximate surface area is 281 Å². The standard InChI is InChI=1S/C35H42N6O6S/c1-7-32(42)41-13-12-40(19-23(41)4)20-31(29-11-10-25(17-37-29)24-8-9-24)47-30-15-21(2)27(16-28(30)34(43)36-5)35(44)39-33-22(3)14-26(18-38-33)48(6,45)46/h7,10-11,14-18,23-24,31H,1,8-9,12-13,19-20H2,2-6H3,(H,36,43)(H,38,39,44)/t23-,31-/m1/s1. The highest BCUT2D eigenvalue weighted by Gasteiger charge is 2.31. The third-order valence-corrected chi connectivity index (χ3v) is 9.89. The third-order valence-electron chi connectivity index (χ3n) is 8.81. The Morgan fingerprint density at radius 2 is 1.79 bits per heavy atom. The molecule has 1 saturated heterocycles. The number of pyridine rings is 2. The Morgan fingerprint density at radius 1 is 1.04 bits per heavy atom. The van der Waals surface area contributed by atoms with Crippen LogP contribution < -0.4 is 15.4 Å². The summed E-state index contributed by atoms with van der Waals surface area (Å²) in [4.78, 5) is 52.0. The highest BCUT2D eigenvalue weighted by atomic mass is 32.2. The molecule has 1 aromatic carbocycles. The molecule has 0 unspecified atom stereocenters. The quantitative estimate of drug-likeness (QED) is 0.289. The number of ether oxygens (including phenoxy) is 1. The van der Waals surface area contributed by atoms with E-state index in [4.69, 9.17) is 9.72 Å². The summed E-state index contributed by atoms with van der Waals surface area (Å²) in [5.74, 6) is -0.00660. The maximum atomic E-state index is 13.5. The molecule has 2 aliphatic rings. The number of nitrogens with one attached hydrogen (secondary N) is 2. The Bertz CT molecular complexity index is 1840. The summed E-state index contributed by atoms with van der Waals surface area (Å²) in [5.41, 5.74) is 3.33. The van der Waals surface area contributed by atoms with Gasteiger partial charge in [-0.25, -0.2) is 13.4 Å². The van der Waals surface area contributed by atoms with Gasteiger partial charge in [-0.2, -0.15) is 0 Å². The predicted octanol–water partition coefficient (Wildman–Crippen LogP) is 3.83. The highest BCUT2D eigenvalue weighted by Crippen LogP contribution is 2.40. The minimum atomic E-state index is -3.47. The third kappa shape index (κ3) is 7.91. The molecule has 0 spiro atoms. The van der Waals surface area contributed by atoms with Crippen LogP contribution in [0.1, 0.15) is 74.9 Å². The molecule has 3 heterocycles. The van der Waals surface area contributed by atoms with Crippen LogP contribution in [0, 0.1) is 13.8 Å². The van der Waals surface area contributed by atoms with Gasteiger partial charge < -0.3 is 20.3 Å². The van der Waals surface area contributed by atoms with Crippen LogP contribution in [-0.2, 0) is 14.6 Å². The number of anilines is 1. The van der Waals surface area contributed by atoms with Crippen LogP contribution in [0.4, 0.5) is 5.82 Å². The lowest BCUT2D eigenvalue weighted by molar-refractivity contribution is -0.130. The molecular formula is C35H42N6O6S. The molecule has 0 radical (unpaired) electrons. The van der Waals surface area contributed by atoms with Crippen LogP contribution in [0.25, 0.3) is 0 Å². The van der Waals surface area contributed by atoms with Crippen molar-refractivity contribution in [3.8, 4) is 5.75 Å². The number of carbonyl (C=O) groups is 3. The van der Waals surface area contributed by atoms with Crippen molar-refractivity contribution in [2.75, 3.05) is 44.8 Å². The van der Waals surface area contributed by atoms with E-state index < -0.39 is 27.8 Å². The lowest BCUT2D eigenvalue weighted by Gasteiger charge is -2.40. The van der Waals surface area contributed by atoms with Crippen LogP contribution in [-0.4, -0.2) is 91.4 Å². The van der Waals surface area contributed by atoms with Crippen molar-refractivity contribution in [3.05, 3.63) is 88.9 Å². The van der Waals surface area contributed by atoms with Gasteiger partial charge in [-0.3, -0.25) is 24.3 Å². The molecule has 5 rings (SSSR count). The highest BCUT2D eigenvalue weighted by molar-refractivity contribution is 7.90. The molecular weight excluding hydrogens is 632 g/mol. The van der Waals surface area contributed by atoms with Gasteiger partial charge in [-0.05, 0) is 86.6 Å². The Morgan fingerprint density at radius 3 is 2.38 bits per heavy atom. The second kappa shape index (κ2) is 14.2. The van der Waals surface area contributed by atoms with Gasteiger partial charge in [0.2, 0.25) is 5.91 Å². The fourth-order valence-corrected chi connectivity index (χ4v) is 6.52. The summed E-state index contributed by atoms with van der Waals surface area (Å²) in [7, 11) is -1.96. The number of carbonyl (C=O) groups excluding carboxylic acids is 3. The number of aromatic nitrogens is 2. The van der Waals surface area contributed by atoms with Crippen LogP contribution >= 0.6 is 0 Å². The average molecular weight is 675 g/mol. The van der Waals surface area contributed by atoms with Gasteiger partial charge in [0.05, 0.1) is 16.2 Å².